The normalized spacial score (nSPS) is 10.9. The van der Waals surface area contributed by atoms with Gasteiger partial charge in [0.1, 0.15) is 0 Å². The molecular formula is C16H27NO5S. The first-order chi connectivity index (χ1) is 11.4. The van der Waals surface area contributed by atoms with Crippen LogP contribution in [0.5, 0.6) is 0 Å². The van der Waals surface area contributed by atoms with Gasteiger partial charge in [-0.1, -0.05) is 0 Å². The number of benzene rings is 1. The van der Waals surface area contributed by atoms with Crippen LogP contribution in [-0.2, 0) is 23.1 Å². The van der Waals surface area contributed by atoms with Gasteiger partial charge in [-0.15, -0.1) is 0 Å². The minimum absolute atomic E-state index is 0.580. The summed E-state index contributed by atoms with van der Waals surface area (Å²) in [5, 5.41) is 3.30. The maximum absolute atomic E-state index is 5.49. The lowest BCUT2D eigenvalue weighted by atomic mass is 10.3. The zero-order chi connectivity index (χ0) is 16.6. The number of anilines is 1. The Morgan fingerprint density at radius 3 is 1.91 bits per heavy atom. The Kier molecular flexibility index (Phi) is 13.0. The molecule has 1 aromatic rings. The Balaban J connectivity index is 1.87. The van der Waals surface area contributed by atoms with Gasteiger partial charge < -0.3 is 28.4 Å². The van der Waals surface area contributed by atoms with Gasteiger partial charge in [0, 0.05) is 36.3 Å². The van der Waals surface area contributed by atoms with E-state index in [0.29, 0.717) is 46.2 Å². The summed E-state index contributed by atoms with van der Waals surface area (Å²) in [6, 6.07) is 8.07. The van der Waals surface area contributed by atoms with Gasteiger partial charge in [0.2, 0.25) is 0 Å². The fourth-order valence-corrected chi connectivity index (χ4v) is 2.12. The third-order valence-electron chi connectivity index (χ3n) is 2.79. The van der Waals surface area contributed by atoms with Crippen LogP contribution in [0.3, 0.4) is 0 Å². The van der Waals surface area contributed by atoms with Gasteiger partial charge in [-0.2, -0.15) is 0 Å². The molecule has 0 heterocycles. The average molecular weight is 345 g/mol. The van der Waals surface area contributed by atoms with Crippen LogP contribution in [0.15, 0.2) is 29.2 Å². The third-order valence-corrected chi connectivity index (χ3v) is 3.42. The molecule has 0 saturated heterocycles. The lowest BCUT2D eigenvalue weighted by molar-refractivity contribution is 0.00495. The highest BCUT2D eigenvalue weighted by Crippen LogP contribution is 2.19. The Bertz CT molecular complexity index is 377. The molecule has 23 heavy (non-hydrogen) atoms. The summed E-state index contributed by atoms with van der Waals surface area (Å²) in [4.78, 5) is 1.08. The van der Waals surface area contributed by atoms with Crippen molar-refractivity contribution >= 4 is 17.7 Å². The van der Waals surface area contributed by atoms with Crippen molar-refractivity contribution in [2.24, 2.45) is 0 Å². The first kappa shape index (κ1) is 20.2. The molecule has 0 unspecified atom stereocenters. The van der Waals surface area contributed by atoms with E-state index in [-0.39, 0.29) is 0 Å². The molecule has 0 aromatic heterocycles. The van der Waals surface area contributed by atoms with Gasteiger partial charge in [0.25, 0.3) is 0 Å². The van der Waals surface area contributed by atoms with Crippen LogP contribution in [0.1, 0.15) is 0 Å². The molecule has 132 valence electrons. The highest BCUT2D eigenvalue weighted by atomic mass is 32.2. The number of hydrogen-bond donors (Lipinski definition) is 1. The largest absolute Gasteiger partial charge is 0.383 e. The summed E-state index contributed by atoms with van der Waals surface area (Å²) < 4.78 is 26.0. The molecule has 0 spiro atoms. The first-order valence-electron chi connectivity index (χ1n) is 7.63. The Labute approximate surface area is 143 Å². The van der Waals surface area contributed by atoms with Crippen LogP contribution in [0.4, 0.5) is 5.69 Å². The molecule has 0 saturated carbocycles. The predicted molar refractivity (Wildman–Crippen MR) is 92.1 cm³/mol. The van der Waals surface area contributed by atoms with Crippen molar-refractivity contribution < 1.29 is 23.1 Å². The Morgan fingerprint density at radius 2 is 1.35 bits per heavy atom. The van der Waals surface area contributed by atoms with Crippen molar-refractivity contribution in [3.8, 4) is 0 Å². The highest BCUT2D eigenvalue weighted by molar-refractivity contribution is 7.94. The second kappa shape index (κ2) is 14.7. The Morgan fingerprint density at radius 1 is 0.783 bits per heavy atom. The van der Waals surface area contributed by atoms with E-state index in [1.54, 1.807) is 14.2 Å². The summed E-state index contributed by atoms with van der Waals surface area (Å²) in [5.41, 5.74) is 1.07. The third kappa shape index (κ3) is 11.4. The SMILES string of the molecule is COCCOCCOCCOCCNc1ccc(SOC)cc1. The molecule has 0 atom stereocenters. The predicted octanol–water partition coefficient (Wildman–Crippen LogP) is 2.45. The molecule has 1 N–H and O–H groups in total. The van der Waals surface area contributed by atoms with E-state index in [2.05, 4.69) is 5.32 Å². The second-order valence-corrected chi connectivity index (χ2v) is 5.50. The van der Waals surface area contributed by atoms with E-state index >= 15 is 0 Å². The van der Waals surface area contributed by atoms with Crippen molar-refractivity contribution in [2.75, 3.05) is 72.3 Å². The van der Waals surface area contributed by atoms with Gasteiger partial charge >= 0.3 is 0 Å². The van der Waals surface area contributed by atoms with Crippen molar-refractivity contribution in [1.29, 1.82) is 0 Å². The maximum atomic E-state index is 5.49. The minimum Gasteiger partial charge on any atom is -0.383 e. The van der Waals surface area contributed by atoms with E-state index in [1.165, 1.54) is 12.0 Å². The van der Waals surface area contributed by atoms with Crippen LogP contribution < -0.4 is 5.32 Å². The fourth-order valence-electron chi connectivity index (χ4n) is 1.68. The minimum atomic E-state index is 0.580. The van der Waals surface area contributed by atoms with Gasteiger partial charge in [-0.05, 0) is 24.3 Å². The summed E-state index contributed by atoms with van der Waals surface area (Å²) in [6.45, 7) is 4.95. The van der Waals surface area contributed by atoms with Gasteiger partial charge in [0.05, 0.1) is 53.4 Å². The summed E-state index contributed by atoms with van der Waals surface area (Å²) in [6.07, 6.45) is 0. The lowest BCUT2D eigenvalue weighted by Gasteiger charge is -2.09. The molecule has 1 rings (SSSR count). The van der Waals surface area contributed by atoms with Crippen molar-refractivity contribution in [3.05, 3.63) is 24.3 Å². The van der Waals surface area contributed by atoms with E-state index in [0.717, 1.165) is 17.1 Å². The zero-order valence-corrected chi connectivity index (χ0v) is 14.7. The molecule has 0 aliphatic carbocycles. The first-order valence-corrected chi connectivity index (χ1v) is 8.37. The van der Waals surface area contributed by atoms with Gasteiger partial charge in [-0.25, -0.2) is 0 Å². The van der Waals surface area contributed by atoms with Gasteiger partial charge in [-0.3, -0.25) is 0 Å². The molecule has 0 bridgehead atoms. The van der Waals surface area contributed by atoms with E-state index in [4.69, 9.17) is 23.1 Å². The molecule has 7 heteroatoms. The van der Waals surface area contributed by atoms with E-state index in [9.17, 15) is 0 Å². The molecule has 1 aromatic carbocycles. The highest BCUT2D eigenvalue weighted by Gasteiger charge is 1.95. The number of nitrogens with one attached hydrogen (secondary N) is 1. The van der Waals surface area contributed by atoms with Crippen LogP contribution in [0.2, 0.25) is 0 Å². The monoisotopic (exact) mass is 345 g/mol. The van der Waals surface area contributed by atoms with Crippen molar-refractivity contribution in [2.45, 2.75) is 4.90 Å². The van der Waals surface area contributed by atoms with Crippen LogP contribution >= 0.6 is 12.0 Å². The van der Waals surface area contributed by atoms with Crippen LogP contribution in [-0.4, -0.2) is 67.0 Å². The molecule has 0 aliphatic rings. The quantitative estimate of drug-likeness (QED) is 0.387. The van der Waals surface area contributed by atoms with E-state index in [1.807, 2.05) is 24.3 Å². The number of rotatable bonds is 15. The van der Waals surface area contributed by atoms with Gasteiger partial charge in [0.15, 0.2) is 0 Å². The summed E-state index contributed by atoms with van der Waals surface area (Å²) in [7, 11) is 3.31. The summed E-state index contributed by atoms with van der Waals surface area (Å²) >= 11 is 1.35. The number of hydrogen-bond acceptors (Lipinski definition) is 7. The molecule has 6 nitrogen and oxygen atoms in total. The number of ether oxygens (including phenoxy) is 4. The molecule has 0 radical (unpaired) electrons. The lowest BCUT2D eigenvalue weighted by Crippen LogP contribution is -2.14. The van der Waals surface area contributed by atoms with Crippen LogP contribution in [0.25, 0.3) is 0 Å². The smallest absolute Gasteiger partial charge is 0.0701 e. The van der Waals surface area contributed by atoms with Crippen LogP contribution in [0, 0.1) is 0 Å². The topological polar surface area (TPSA) is 58.2 Å². The maximum Gasteiger partial charge on any atom is 0.0701 e. The molecular weight excluding hydrogens is 318 g/mol. The standard InChI is InChI=1S/C16H27NO5S/c1-18-9-10-21-13-14-22-12-11-20-8-7-17-15-3-5-16(6-4-15)23-19-2/h3-6,17H,7-14H2,1-2H3. The molecule has 0 amide bonds. The zero-order valence-electron chi connectivity index (χ0n) is 13.9. The fraction of sp³-hybridized carbons (Fsp3) is 0.625. The van der Waals surface area contributed by atoms with Crippen molar-refractivity contribution in [1.82, 2.24) is 0 Å². The Hall–Kier alpha value is -0.830. The summed E-state index contributed by atoms with van der Waals surface area (Å²) in [5.74, 6) is 0. The molecule has 0 fully saturated rings. The second-order valence-electron chi connectivity index (χ2n) is 4.53. The van der Waals surface area contributed by atoms with Crippen molar-refractivity contribution in [3.63, 3.8) is 0 Å². The van der Waals surface area contributed by atoms with E-state index < -0.39 is 0 Å². The average Bonchev–Trinajstić information content (AvgIpc) is 2.57. The number of methoxy groups -OCH3 is 1. The molecule has 0 aliphatic heterocycles.